The van der Waals surface area contributed by atoms with Crippen molar-refractivity contribution in [1.82, 2.24) is 0 Å². The zero-order chi connectivity index (χ0) is 14.5. The van der Waals surface area contributed by atoms with Crippen LogP contribution in [0.3, 0.4) is 0 Å². The lowest BCUT2D eigenvalue weighted by molar-refractivity contribution is -0.120. The van der Waals surface area contributed by atoms with Crippen LogP contribution in [0.4, 0.5) is 0 Å². The standard InChI is InChI=1S/C18H29NOS/c19-17(8-4-6-16-7-5-13-21-16)15-9-12-20-18(14-15)10-2-1-3-11-18/h5,7,13,15,17H,1-4,6,8-12,14,19H2. The molecule has 0 aromatic carbocycles. The van der Waals surface area contributed by atoms with Gasteiger partial charge in [0.2, 0.25) is 0 Å². The van der Waals surface area contributed by atoms with E-state index in [9.17, 15) is 0 Å². The fourth-order valence-electron chi connectivity index (χ4n) is 4.18. The first-order valence-electron chi connectivity index (χ1n) is 8.69. The first-order valence-corrected chi connectivity index (χ1v) is 9.57. The maximum atomic E-state index is 6.53. The number of rotatable bonds is 5. The lowest BCUT2D eigenvalue weighted by atomic mass is 9.73. The second-order valence-corrected chi connectivity index (χ2v) is 8.01. The summed E-state index contributed by atoms with van der Waals surface area (Å²) in [7, 11) is 0. The molecule has 1 aromatic rings. The molecule has 0 amide bonds. The number of hydrogen-bond donors (Lipinski definition) is 1. The van der Waals surface area contributed by atoms with Gasteiger partial charge in [0.1, 0.15) is 0 Å². The van der Waals surface area contributed by atoms with Crippen LogP contribution in [-0.4, -0.2) is 18.2 Å². The van der Waals surface area contributed by atoms with Crippen molar-refractivity contribution >= 4 is 11.3 Å². The average Bonchev–Trinajstić information content (AvgIpc) is 3.01. The second-order valence-electron chi connectivity index (χ2n) is 6.98. The van der Waals surface area contributed by atoms with E-state index in [1.165, 1.54) is 69.1 Å². The minimum absolute atomic E-state index is 0.201. The SMILES string of the molecule is NC(CCCc1cccs1)C1CCOC2(CCCCC2)C1. The summed E-state index contributed by atoms with van der Waals surface area (Å²) in [6.07, 6.45) is 12.6. The lowest BCUT2D eigenvalue weighted by Gasteiger charge is -2.45. The van der Waals surface area contributed by atoms with E-state index in [0.29, 0.717) is 12.0 Å². The van der Waals surface area contributed by atoms with Crippen LogP contribution in [0.2, 0.25) is 0 Å². The third-order valence-electron chi connectivity index (χ3n) is 5.44. The Morgan fingerprint density at radius 2 is 2.19 bits per heavy atom. The van der Waals surface area contributed by atoms with Gasteiger partial charge in [0, 0.05) is 17.5 Å². The smallest absolute Gasteiger partial charge is 0.0685 e. The average molecular weight is 308 g/mol. The molecule has 21 heavy (non-hydrogen) atoms. The Hall–Kier alpha value is -0.380. The van der Waals surface area contributed by atoms with E-state index in [0.717, 1.165) is 6.61 Å². The molecular weight excluding hydrogens is 278 g/mol. The second kappa shape index (κ2) is 7.26. The molecule has 2 fully saturated rings. The molecule has 1 aliphatic heterocycles. The number of thiophene rings is 1. The minimum atomic E-state index is 0.201. The van der Waals surface area contributed by atoms with Crippen molar-refractivity contribution in [3.63, 3.8) is 0 Å². The van der Waals surface area contributed by atoms with Crippen LogP contribution in [0.25, 0.3) is 0 Å². The number of nitrogens with two attached hydrogens (primary N) is 1. The van der Waals surface area contributed by atoms with Crippen molar-refractivity contribution in [3.05, 3.63) is 22.4 Å². The molecule has 1 saturated heterocycles. The molecule has 1 aliphatic carbocycles. The van der Waals surface area contributed by atoms with Crippen LogP contribution in [0.15, 0.2) is 17.5 Å². The number of hydrogen-bond acceptors (Lipinski definition) is 3. The molecular formula is C18H29NOS. The van der Waals surface area contributed by atoms with Gasteiger partial charge in [-0.15, -0.1) is 11.3 Å². The van der Waals surface area contributed by atoms with Gasteiger partial charge in [-0.3, -0.25) is 0 Å². The van der Waals surface area contributed by atoms with Crippen molar-refractivity contribution in [2.75, 3.05) is 6.61 Å². The van der Waals surface area contributed by atoms with Gasteiger partial charge in [-0.25, -0.2) is 0 Å². The van der Waals surface area contributed by atoms with Gasteiger partial charge in [-0.2, -0.15) is 0 Å². The van der Waals surface area contributed by atoms with E-state index < -0.39 is 0 Å². The molecule has 2 aliphatic rings. The minimum Gasteiger partial charge on any atom is -0.375 e. The Morgan fingerprint density at radius 1 is 1.33 bits per heavy atom. The molecule has 1 spiro atoms. The van der Waals surface area contributed by atoms with Crippen LogP contribution in [0, 0.1) is 5.92 Å². The van der Waals surface area contributed by atoms with Crippen molar-refractivity contribution in [1.29, 1.82) is 0 Å². The summed E-state index contributed by atoms with van der Waals surface area (Å²) in [6, 6.07) is 4.75. The summed E-state index contributed by atoms with van der Waals surface area (Å²) in [5.41, 5.74) is 6.73. The normalized spacial score (nSPS) is 26.8. The van der Waals surface area contributed by atoms with E-state index >= 15 is 0 Å². The van der Waals surface area contributed by atoms with Gasteiger partial charge in [-0.05, 0) is 62.3 Å². The summed E-state index contributed by atoms with van der Waals surface area (Å²) in [5.74, 6) is 0.681. The molecule has 118 valence electrons. The Kier molecular flexibility index (Phi) is 5.36. The number of aryl methyl sites for hydroxylation is 1. The Morgan fingerprint density at radius 3 is 2.95 bits per heavy atom. The van der Waals surface area contributed by atoms with Gasteiger partial charge in [0.15, 0.2) is 0 Å². The highest BCUT2D eigenvalue weighted by molar-refractivity contribution is 7.09. The monoisotopic (exact) mass is 307 g/mol. The molecule has 2 atom stereocenters. The van der Waals surface area contributed by atoms with Gasteiger partial charge in [-0.1, -0.05) is 25.3 Å². The molecule has 1 saturated carbocycles. The molecule has 2 unspecified atom stereocenters. The Balaban J connectivity index is 1.46. The first kappa shape index (κ1) is 15.5. The summed E-state index contributed by atoms with van der Waals surface area (Å²) in [4.78, 5) is 1.50. The van der Waals surface area contributed by atoms with Gasteiger partial charge >= 0.3 is 0 Å². The number of ether oxygens (including phenoxy) is 1. The molecule has 2 nitrogen and oxygen atoms in total. The van der Waals surface area contributed by atoms with Gasteiger partial charge < -0.3 is 10.5 Å². The first-order chi connectivity index (χ1) is 10.3. The highest BCUT2D eigenvalue weighted by Gasteiger charge is 2.39. The molecule has 3 rings (SSSR count). The third kappa shape index (κ3) is 4.08. The van der Waals surface area contributed by atoms with Gasteiger partial charge in [0.25, 0.3) is 0 Å². The predicted molar refractivity (Wildman–Crippen MR) is 89.7 cm³/mol. The maximum Gasteiger partial charge on any atom is 0.0685 e. The van der Waals surface area contributed by atoms with E-state index in [-0.39, 0.29) is 5.60 Å². The quantitative estimate of drug-likeness (QED) is 0.867. The zero-order valence-corrected chi connectivity index (χ0v) is 13.9. The van der Waals surface area contributed by atoms with E-state index in [1.54, 1.807) is 0 Å². The molecule has 0 radical (unpaired) electrons. The van der Waals surface area contributed by atoms with Crippen LogP contribution in [0.1, 0.15) is 62.7 Å². The van der Waals surface area contributed by atoms with E-state index in [1.807, 2.05) is 11.3 Å². The van der Waals surface area contributed by atoms with Crippen molar-refractivity contribution in [3.8, 4) is 0 Å². The lowest BCUT2D eigenvalue weighted by Crippen LogP contribution is -2.46. The van der Waals surface area contributed by atoms with Crippen LogP contribution in [-0.2, 0) is 11.2 Å². The third-order valence-corrected chi connectivity index (χ3v) is 6.38. The van der Waals surface area contributed by atoms with Crippen molar-refractivity contribution in [2.24, 2.45) is 11.7 Å². The molecule has 2 N–H and O–H groups in total. The highest BCUT2D eigenvalue weighted by Crippen LogP contribution is 2.41. The van der Waals surface area contributed by atoms with Crippen molar-refractivity contribution < 1.29 is 4.74 Å². The molecule has 3 heteroatoms. The van der Waals surface area contributed by atoms with Crippen LogP contribution < -0.4 is 5.73 Å². The Labute approximate surface area is 133 Å². The highest BCUT2D eigenvalue weighted by atomic mass is 32.1. The molecule has 0 bridgehead atoms. The van der Waals surface area contributed by atoms with Crippen LogP contribution in [0.5, 0.6) is 0 Å². The molecule has 2 heterocycles. The largest absolute Gasteiger partial charge is 0.375 e. The van der Waals surface area contributed by atoms with Gasteiger partial charge in [0.05, 0.1) is 5.60 Å². The van der Waals surface area contributed by atoms with Crippen molar-refractivity contribution in [2.45, 2.75) is 75.9 Å². The van der Waals surface area contributed by atoms with E-state index in [2.05, 4.69) is 17.5 Å². The molecule has 1 aromatic heterocycles. The Bertz CT molecular complexity index is 405. The fourth-order valence-corrected chi connectivity index (χ4v) is 4.93. The summed E-state index contributed by atoms with van der Waals surface area (Å²) < 4.78 is 6.20. The maximum absolute atomic E-state index is 6.53. The topological polar surface area (TPSA) is 35.2 Å². The zero-order valence-electron chi connectivity index (χ0n) is 13.1. The van der Waals surface area contributed by atoms with E-state index in [4.69, 9.17) is 10.5 Å². The summed E-state index contributed by atoms with van der Waals surface area (Å²) in [5, 5.41) is 2.17. The predicted octanol–water partition coefficient (Wildman–Crippen LogP) is 4.53. The van der Waals surface area contributed by atoms with Crippen LogP contribution >= 0.6 is 11.3 Å². The summed E-state index contributed by atoms with van der Waals surface area (Å²) >= 11 is 1.87. The summed E-state index contributed by atoms with van der Waals surface area (Å²) in [6.45, 7) is 0.934. The fraction of sp³-hybridized carbons (Fsp3) is 0.778.